The van der Waals surface area contributed by atoms with Crippen LogP contribution in [0.2, 0.25) is 0 Å². The van der Waals surface area contributed by atoms with E-state index in [1.165, 1.54) is 6.07 Å². The Labute approximate surface area is 179 Å². The molecule has 12 heteroatoms. The third-order valence-corrected chi connectivity index (χ3v) is 5.15. The first-order valence-electron chi connectivity index (χ1n) is 9.62. The Morgan fingerprint density at radius 3 is 2.66 bits per heavy atom. The van der Waals surface area contributed by atoms with Gasteiger partial charge in [-0.3, -0.25) is 19.4 Å². The van der Waals surface area contributed by atoms with Crippen molar-refractivity contribution in [2.24, 2.45) is 10.3 Å². The van der Waals surface area contributed by atoms with Gasteiger partial charge in [-0.25, -0.2) is 13.7 Å². The van der Waals surface area contributed by atoms with Gasteiger partial charge in [-0.05, 0) is 24.3 Å². The number of hydrogen-bond donors (Lipinski definition) is 1. The molecule has 1 fully saturated rings. The SMILES string of the molecule is O=C(CN1N=N[C@H]2C(=O)N(c3ccc4c(c3)OCCO4)C(=O)[C@@H]21)Nc1cc(F)ccc1F. The number of anilines is 2. The summed E-state index contributed by atoms with van der Waals surface area (Å²) < 4.78 is 38.0. The summed E-state index contributed by atoms with van der Waals surface area (Å²) >= 11 is 0. The van der Waals surface area contributed by atoms with E-state index in [0.29, 0.717) is 24.7 Å². The van der Waals surface area contributed by atoms with Crippen LogP contribution in [0.1, 0.15) is 0 Å². The predicted molar refractivity (Wildman–Crippen MR) is 104 cm³/mol. The van der Waals surface area contributed by atoms with Crippen LogP contribution >= 0.6 is 0 Å². The number of nitrogens with zero attached hydrogens (tertiary/aromatic N) is 4. The van der Waals surface area contributed by atoms with Crippen molar-refractivity contribution < 1.29 is 32.6 Å². The summed E-state index contributed by atoms with van der Waals surface area (Å²) in [5.74, 6) is -2.62. The van der Waals surface area contributed by atoms with Crippen molar-refractivity contribution >= 4 is 29.1 Å². The quantitative estimate of drug-likeness (QED) is 0.720. The number of benzene rings is 2. The van der Waals surface area contributed by atoms with Gasteiger partial charge in [0.2, 0.25) is 5.91 Å². The van der Waals surface area contributed by atoms with Crippen LogP contribution in [-0.2, 0) is 14.4 Å². The van der Waals surface area contributed by atoms with Crippen LogP contribution in [-0.4, -0.2) is 54.6 Å². The van der Waals surface area contributed by atoms with Crippen molar-refractivity contribution in [3.63, 3.8) is 0 Å². The molecule has 2 aromatic rings. The third-order valence-electron chi connectivity index (χ3n) is 5.15. The van der Waals surface area contributed by atoms with Crippen LogP contribution < -0.4 is 19.7 Å². The molecule has 5 rings (SSSR count). The molecule has 0 spiro atoms. The number of hydrogen-bond acceptors (Lipinski definition) is 8. The molecular formula is C20H15F2N5O5. The minimum atomic E-state index is -1.13. The van der Waals surface area contributed by atoms with Crippen molar-refractivity contribution in [1.29, 1.82) is 0 Å². The number of imide groups is 1. The highest BCUT2D eigenvalue weighted by Gasteiger charge is 2.55. The van der Waals surface area contributed by atoms with Gasteiger partial charge < -0.3 is 14.8 Å². The maximum atomic E-state index is 13.8. The fourth-order valence-corrected chi connectivity index (χ4v) is 3.71. The van der Waals surface area contributed by atoms with E-state index in [2.05, 4.69) is 15.7 Å². The van der Waals surface area contributed by atoms with Gasteiger partial charge >= 0.3 is 0 Å². The first-order chi connectivity index (χ1) is 15.4. The summed E-state index contributed by atoms with van der Waals surface area (Å²) in [4.78, 5) is 39.2. The van der Waals surface area contributed by atoms with Crippen LogP contribution in [0.3, 0.4) is 0 Å². The summed E-state index contributed by atoms with van der Waals surface area (Å²) in [6.07, 6.45) is 0. The molecule has 3 amide bonds. The molecule has 0 aliphatic carbocycles. The minimum absolute atomic E-state index is 0.278. The molecule has 1 saturated heterocycles. The topological polar surface area (TPSA) is 113 Å². The Kier molecular flexibility index (Phi) is 4.68. The average Bonchev–Trinajstić information content (AvgIpc) is 3.29. The van der Waals surface area contributed by atoms with Crippen molar-refractivity contribution in [2.75, 3.05) is 30.0 Å². The summed E-state index contributed by atoms with van der Waals surface area (Å²) in [5, 5.41) is 10.9. The molecule has 3 heterocycles. The van der Waals surface area contributed by atoms with E-state index >= 15 is 0 Å². The van der Waals surface area contributed by atoms with E-state index in [4.69, 9.17) is 9.47 Å². The van der Waals surface area contributed by atoms with Crippen LogP contribution in [0.5, 0.6) is 11.5 Å². The van der Waals surface area contributed by atoms with E-state index < -0.39 is 48.0 Å². The molecular weight excluding hydrogens is 428 g/mol. The van der Waals surface area contributed by atoms with Gasteiger partial charge in [-0.1, -0.05) is 5.22 Å². The lowest BCUT2D eigenvalue weighted by Crippen LogP contribution is -2.43. The van der Waals surface area contributed by atoms with Gasteiger partial charge in [0.15, 0.2) is 23.6 Å². The Balaban J connectivity index is 1.33. The smallest absolute Gasteiger partial charge is 0.263 e. The second kappa shape index (κ2) is 7.55. The van der Waals surface area contributed by atoms with Gasteiger partial charge in [0.25, 0.3) is 11.8 Å². The predicted octanol–water partition coefficient (Wildman–Crippen LogP) is 1.67. The van der Waals surface area contributed by atoms with Crippen LogP contribution in [0, 0.1) is 11.6 Å². The number of ether oxygens (including phenoxy) is 2. The van der Waals surface area contributed by atoms with E-state index in [1.54, 1.807) is 12.1 Å². The molecule has 2 atom stereocenters. The summed E-state index contributed by atoms with van der Waals surface area (Å²) in [7, 11) is 0. The van der Waals surface area contributed by atoms with Crippen LogP contribution in [0.15, 0.2) is 46.7 Å². The fraction of sp³-hybridized carbons (Fsp3) is 0.250. The number of fused-ring (bicyclic) bond motifs is 2. The zero-order chi connectivity index (χ0) is 22.4. The number of halogens is 2. The van der Waals surface area contributed by atoms with Crippen molar-refractivity contribution in [3.8, 4) is 11.5 Å². The second-order valence-corrected chi connectivity index (χ2v) is 7.20. The maximum absolute atomic E-state index is 13.8. The number of carbonyl (C=O) groups excluding carboxylic acids is 3. The monoisotopic (exact) mass is 443 g/mol. The van der Waals surface area contributed by atoms with Gasteiger partial charge in [0, 0.05) is 12.1 Å². The minimum Gasteiger partial charge on any atom is -0.486 e. The second-order valence-electron chi connectivity index (χ2n) is 7.20. The van der Waals surface area contributed by atoms with E-state index in [1.807, 2.05) is 0 Å². The number of carbonyl (C=O) groups is 3. The fourth-order valence-electron chi connectivity index (χ4n) is 3.71. The first kappa shape index (κ1) is 19.8. The normalized spacial score (nSPS) is 21.2. The van der Waals surface area contributed by atoms with Crippen molar-refractivity contribution in [3.05, 3.63) is 48.0 Å². The lowest BCUT2D eigenvalue weighted by atomic mass is 10.1. The Hall–Kier alpha value is -4.09. The molecule has 10 nitrogen and oxygen atoms in total. The van der Waals surface area contributed by atoms with E-state index in [0.717, 1.165) is 28.1 Å². The molecule has 2 aromatic carbocycles. The van der Waals surface area contributed by atoms with Gasteiger partial charge in [0.05, 0.1) is 11.4 Å². The van der Waals surface area contributed by atoms with E-state index in [9.17, 15) is 23.2 Å². The average molecular weight is 443 g/mol. The molecule has 0 bridgehead atoms. The van der Waals surface area contributed by atoms with Crippen LogP contribution in [0.25, 0.3) is 0 Å². The first-order valence-corrected chi connectivity index (χ1v) is 9.62. The highest BCUT2D eigenvalue weighted by molar-refractivity contribution is 6.25. The summed E-state index contributed by atoms with van der Waals surface area (Å²) in [6.45, 7) is 0.246. The molecule has 1 N–H and O–H groups in total. The number of rotatable bonds is 4. The lowest BCUT2D eigenvalue weighted by molar-refractivity contribution is -0.123. The highest BCUT2D eigenvalue weighted by atomic mass is 19.1. The van der Waals surface area contributed by atoms with Crippen molar-refractivity contribution in [2.45, 2.75) is 12.1 Å². The molecule has 3 aliphatic rings. The van der Waals surface area contributed by atoms with Crippen molar-refractivity contribution in [1.82, 2.24) is 5.01 Å². The Morgan fingerprint density at radius 1 is 1.06 bits per heavy atom. The van der Waals surface area contributed by atoms with Gasteiger partial charge in [-0.2, -0.15) is 5.11 Å². The summed E-state index contributed by atoms with van der Waals surface area (Å²) in [5.41, 5.74) is -0.0745. The molecule has 0 aromatic heterocycles. The Bertz CT molecular complexity index is 1170. The standard InChI is InChI=1S/C20H15F2N5O5/c21-10-1-3-12(22)13(7-10)23-16(28)9-26-18-17(24-25-26)19(29)27(20(18)30)11-2-4-14-15(8-11)32-6-5-31-14/h1-4,7-8,17-18H,5-6,9H2,(H,23,28)/t17-,18-/m1/s1. The lowest BCUT2D eigenvalue weighted by Gasteiger charge is -2.22. The van der Waals surface area contributed by atoms with Gasteiger partial charge in [-0.15, -0.1) is 0 Å². The zero-order valence-corrected chi connectivity index (χ0v) is 16.3. The number of amides is 3. The molecule has 0 unspecified atom stereocenters. The number of nitrogens with one attached hydrogen (secondary N) is 1. The Morgan fingerprint density at radius 2 is 1.84 bits per heavy atom. The zero-order valence-electron chi connectivity index (χ0n) is 16.3. The third kappa shape index (κ3) is 3.29. The summed E-state index contributed by atoms with van der Waals surface area (Å²) in [6, 6.07) is 5.04. The largest absolute Gasteiger partial charge is 0.486 e. The van der Waals surface area contributed by atoms with Gasteiger partial charge in [0.1, 0.15) is 31.4 Å². The maximum Gasteiger partial charge on any atom is 0.263 e. The molecule has 32 heavy (non-hydrogen) atoms. The highest BCUT2D eigenvalue weighted by Crippen LogP contribution is 2.37. The van der Waals surface area contributed by atoms with E-state index in [-0.39, 0.29) is 11.4 Å². The molecule has 3 aliphatic heterocycles. The van der Waals surface area contributed by atoms with Crippen LogP contribution in [0.4, 0.5) is 20.2 Å². The molecule has 0 radical (unpaired) electrons. The molecule has 164 valence electrons. The molecule has 0 saturated carbocycles.